The third kappa shape index (κ3) is 4.14. The monoisotopic (exact) mass is 391 g/mol. The van der Waals surface area contributed by atoms with Crippen LogP contribution in [-0.4, -0.2) is 12.8 Å². The Kier molecular flexibility index (Phi) is 5.93. The first-order chi connectivity index (χ1) is 13.4. The number of fused-ring (bicyclic) bond motifs is 1. The van der Waals surface area contributed by atoms with Gasteiger partial charge in [0.2, 0.25) is 0 Å². The number of nitriles is 2. The first-order valence-electron chi connectivity index (χ1n) is 9.24. The standard InChI is InChI=1S/C23H22ClN3O/c1-15(2)14-27-22-11-18(24)6-9-20(22)21(10-17(12-25)13-26)23(27)28-19-7-4-16(3)5-8-19/h4-11,15,21,23H,14H2,1-3H3. The molecule has 2 aromatic rings. The highest BCUT2D eigenvalue weighted by Crippen LogP contribution is 2.44. The van der Waals surface area contributed by atoms with Crippen LogP contribution in [-0.2, 0) is 0 Å². The molecule has 0 aromatic heterocycles. The number of halogens is 1. The molecule has 0 bridgehead atoms. The molecule has 1 aliphatic rings. The summed E-state index contributed by atoms with van der Waals surface area (Å²) in [6.45, 7) is 7.08. The molecule has 3 rings (SSSR count). The summed E-state index contributed by atoms with van der Waals surface area (Å²) in [5.74, 6) is 0.892. The van der Waals surface area contributed by atoms with E-state index in [1.807, 2.05) is 61.5 Å². The van der Waals surface area contributed by atoms with E-state index in [9.17, 15) is 10.5 Å². The SMILES string of the molecule is Cc1ccc(OC2C(C=C(C#N)C#N)c3ccc(Cl)cc3N2CC(C)C)cc1. The Morgan fingerprint density at radius 1 is 1.18 bits per heavy atom. The van der Waals surface area contributed by atoms with Gasteiger partial charge in [0.05, 0.1) is 5.92 Å². The molecule has 2 aromatic carbocycles. The summed E-state index contributed by atoms with van der Waals surface area (Å²) < 4.78 is 6.39. The molecule has 0 spiro atoms. The number of nitrogens with zero attached hydrogens (tertiary/aromatic N) is 3. The van der Waals surface area contributed by atoms with Gasteiger partial charge in [-0.25, -0.2) is 0 Å². The molecule has 28 heavy (non-hydrogen) atoms. The van der Waals surface area contributed by atoms with Gasteiger partial charge in [-0.05, 0) is 48.7 Å². The molecule has 2 atom stereocenters. The molecule has 4 nitrogen and oxygen atoms in total. The highest BCUT2D eigenvalue weighted by Gasteiger charge is 2.39. The van der Waals surface area contributed by atoms with Crippen LogP contribution >= 0.6 is 11.6 Å². The number of rotatable bonds is 5. The second-order valence-electron chi connectivity index (χ2n) is 7.40. The number of hydrogen-bond acceptors (Lipinski definition) is 4. The van der Waals surface area contributed by atoms with Gasteiger partial charge in [0.15, 0.2) is 6.23 Å². The maximum Gasteiger partial charge on any atom is 0.182 e. The fourth-order valence-electron chi connectivity index (χ4n) is 3.47. The van der Waals surface area contributed by atoms with E-state index in [1.165, 1.54) is 0 Å². The van der Waals surface area contributed by atoms with Crippen molar-refractivity contribution in [3.8, 4) is 17.9 Å². The van der Waals surface area contributed by atoms with Gasteiger partial charge in [-0.15, -0.1) is 0 Å². The van der Waals surface area contributed by atoms with Crippen molar-refractivity contribution in [1.82, 2.24) is 0 Å². The van der Waals surface area contributed by atoms with Crippen molar-refractivity contribution in [3.05, 3.63) is 70.3 Å². The van der Waals surface area contributed by atoms with Crippen LogP contribution in [0.25, 0.3) is 0 Å². The quantitative estimate of drug-likeness (QED) is 0.623. The predicted octanol–water partition coefficient (Wildman–Crippen LogP) is 5.59. The van der Waals surface area contributed by atoms with Crippen LogP contribution in [0.15, 0.2) is 54.1 Å². The minimum atomic E-state index is -0.365. The van der Waals surface area contributed by atoms with Crippen molar-refractivity contribution in [3.63, 3.8) is 0 Å². The van der Waals surface area contributed by atoms with Gasteiger partial charge in [-0.2, -0.15) is 10.5 Å². The molecule has 0 fully saturated rings. The van der Waals surface area contributed by atoms with Gasteiger partial charge < -0.3 is 9.64 Å². The Morgan fingerprint density at radius 2 is 1.86 bits per heavy atom. The van der Waals surface area contributed by atoms with Gasteiger partial charge in [-0.1, -0.05) is 49.2 Å². The molecule has 5 heteroatoms. The Labute approximate surface area is 171 Å². The predicted molar refractivity (Wildman–Crippen MR) is 111 cm³/mol. The average molecular weight is 392 g/mol. The topological polar surface area (TPSA) is 60.0 Å². The van der Waals surface area contributed by atoms with Crippen molar-refractivity contribution in [2.45, 2.75) is 32.9 Å². The molecule has 1 heterocycles. The zero-order valence-corrected chi connectivity index (χ0v) is 16.9. The van der Waals surface area contributed by atoms with Crippen LogP contribution in [0.2, 0.25) is 5.02 Å². The van der Waals surface area contributed by atoms with Gasteiger partial charge in [0.1, 0.15) is 23.5 Å². The normalized spacial score (nSPS) is 17.6. The lowest BCUT2D eigenvalue weighted by atomic mass is 9.97. The third-order valence-corrected chi connectivity index (χ3v) is 4.94. The number of hydrogen-bond donors (Lipinski definition) is 0. The number of benzene rings is 2. The molecule has 2 unspecified atom stereocenters. The Bertz CT molecular complexity index is 951. The summed E-state index contributed by atoms with van der Waals surface area (Å²) in [5, 5.41) is 19.2. The van der Waals surface area contributed by atoms with E-state index in [4.69, 9.17) is 16.3 Å². The maximum atomic E-state index is 9.28. The van der Waals surface area contributed by atoms with Gasteiger partial charge in [0, 0.05) is 17.3 Å². The van der Waals surface area contributed by atoms with Crippen molar-refractivity contribution in [2.24, 2.45) is 5.92 Å². The molecule has 0 saturated carbocycles. The lowest BCUT2D eigenvalue weighted by molar-refractivity contribution is 0.187. The summed E-state index contributed by atoms with van der Waals surface area (Å²) in [6.07, 6.45) is 1.33. The first kappa shape index (κ1) is 19.8. The molecule has 0 radical (unpaired) electrons. The smallest absolute Gasteiger partial charge is 0.182 e. The summed E-state index contributed by atoms with van der Waals surface area (Å²) in [6, 6.07) is 17.5. The molecular formula is C23H22ClN3O. The van der Waals surface area contributed by atoms with Crippen LogP contribution in [0, 0.1) is 35.5 Å². The highest BCUT2D eigenvalue weighted by molar-refractivity contribution is 6.30. The fourth-order valence-corrected chi connectivity index (χ4v) is 3.64. The average Bonchev–Trinajstić information content (AvgIpc) is 2.93. The first-order valence-corrected chi connectivity index (χ1v) is 9.62. The molecule has 0 aliphatic carbocycles. The second-order valence-corrected chi connectivity index (χ2v) is 7.84. The largest absolute Gasteiger partial charge is 0.470 e. The van der Waals surface area contributed by atoms with Gasteiger partial charge in [-0.3, -0.25) is 0 Å². The van der Waals surface area contributed by atoms with Crippen LogP contribution in [0.4, 0.5) is 5.69 Å². The minimum absolute atomic E-state index is 0.0785. The van der Waals surface area contributed by atoms with E-state index in [2.05, 4.69) is 18.7 Å². The minimum Gasteiger partial charge on any atom is -0.470 e. The van der Waals surface area contributed by atoms with E-state index in [-0.39, 0.29) is 17.7 Å². The van der Waals surface area contributed by atoms with Crippen molar-refractivity contribution in [2.75, 3.05) is 11.4 Å². The summed E-state index contributed by atoms with van der Waals surface area (Å²) in [5.41, 5.74) is 3.22. The van der Waals surface area contributed by atoms with Crippen molar-refractivity contribution < 1.29 is 4.74 Å². The molecule has 142 valence electrons. The third-order valence-electron chi connectivity index (χ3n) is 4.70. The fraction of sp³-hybridized carbons (Fsp3) is 0.304. The number of allylic oxidation sites excluding steroid dienone is 1. The van der Waals surface area contributed by atoms with Crippen molar-refractivity contribution >= 4 is 17.3 Å². The molecule has 0 saturated heterocycles. The van der Waals surface area contributed by atoms with E-state index in [0.29, 0.717) is 10.9 Å². The molecular weight excluding hydrogens is 370 g/mol. The van der Waals surface area contributed by atoms with Crippen LogP contribution in [0.3, 0.4) is 0 Å². The Morgan fingerprint density at radius 3 is 2.46 bits per heavy atom. The molecule has 0 N–H and O–H groups in total. The van der Waals surface area contributed by atoms with Gasteiger partial charge in [0.25, 0.3) is 0 Å². The molecule has 1 aliphatic heterocycles. The van der Waals surface area contributed by atoms with E-state index in [1.54, 1.807) is 6.08 Å². The number of aryl methyl sites for hydroxylation is 1. The summed E-state index contributed by atoms with van der Waals surface area (Å²) in [4.78, 5) is 2.18. The van der Waals surface area contributed by atoms with Crippen LogP contribution < -0.4 is 9.64 Å². The lowest BCUT2D eigenvalue weighted by Crippen LogP contribution is -2.40. The lowest BCUT2D eigenvalue weighted by Gasteiger charge is -2.31. The summed E-state index contributed by atoms with van der Waals surface area (Å²) in [7, 11) is 0. The zero-order valence-electron chi connectivity index (χ0n) is 16.2. The van der Waals surface area contributed by atoms with E-state index >= 15 is 0 Å². The van der Waals surface area contributed by atoms with Crippen molar-refractivity contribution in [1.29, 1.82) is 10.5 Å². The van der Waals surface area contributed by atoms with Crippen LogP contribution in [0.1, 0.15) is 30.9 Å². The van der Waals surface area contributed by atoms with Crippen LogP contribution in [0.5, 0.6) is 5.75 Å². The van der Waals surface area contributed by atoms with Gasteiger partial charge >= 0.3 is 0 Å². The zero-order chi connectivity index (χ0) is 20.3. The maximum absolute atomic E-state index is 9.28. The van der Waals surface area contributed by atoms with E-state index < -0.39 is 0 Å². The highest BCUT2D eigenvalue weighted by atomic mass is 35.5. The number of ether oxygens (including phenoxy) is 1. The summed E-state index contributed by atoms with van der Waals surface area (Å²) >= 11 is 6.27. The van der Waals surface area contributed by atoms with E-state index in [0.717, 1.165) is 29.1 Å². The second kappa shape index (κ2) is 8.38. The number of anilines is 1. The Hall–Kier alpha value is -2.95. The Balaban J connectivity index is 2.09. The molecule has 0 amide bonds.